The molecule has 13 nitrogen and oxygen atoms in total. The van der Waals surface area contributed by atoms with Gasteiger partial charge >= 0.3 is 13.5 Å². The van der Waals surface area contributed by atoms with Gasteiger partial charge in [-0.05, 0) is 92.4 Å². The molecular weight excluding hydrogens is 833 g/mol. The van der Waals surface area contributed by atoms with Crippen molar-refractivity contribution in [3.8, 4) is 5.75 Å². The Morgan fingerprint density at radius 2 is 1.74 bits per heavy atom. The molecule has 0 aliphatic carbocycles. The van der Waals surface area contributed by atoms with Crippen LogP contribution in [0.3, 0.4) is 0 Å². The van der Waals surface area contributed by atoms with E-state index in [1.54, 1.807) is 64.5 Å². The number of aromatic nitrogens is 1. The Labute approximate surface area is 356 Å². The van der Waals surface area contributed by atoms with E-state index in [0.717, 1.165) is 24.2 Å². The molecule has 18 heteroatoms. The molecular formula is C43H50F3N6O7PS. The summed E-state index contributed by atoms with van der Waals surface area (Å²) < 4.78 is 68.9. The maximum Gasteiger partial charge on any atom is 0.355 e. The van der Waals surface area contributed by atoms with Crippen LogP contribution in [-0.4, -0.2) is 95.3 Å². The minimum absolute atomic E-state index is 0.00611. The fourth-order valence-corrected chi connectivity index (χ4v) is 11.2. The molecule has 4 aromatic rings. The number of alkyl halides is 3. The summed E-state index contributed by atoms with van der Waals surface area (Å²) >= 11 is 1.14. The van der Waals surface area contributed by atoms with Crippen molar-refractivity contribution in [2.75, 3.05) is 26.2 Å². The zero-order valence-corrected chi connectivity index (χ0v) is 35.6. The van der Waals surface area contributed by atoms with Gasteiger partial charge in [0.1, 0.15) is 23.9 Å². The van der Waals surface area contributed by atoms with E-state index in [1.165, 1.54) is 31.2 Å². The Bertz CT molecular complexity index is 2250. The normalized spacial score (nSPS) is 22.0. The predicted molar refractivity (Wildman–Crippen MR) is 224 cm³/mol. The topological polar surface area (TPSA) is 159 Å². The summed E-state index contributed by atoms with van der Waals surface area (Å²) in [5, 5.41) is 8.89. The van der Waals surface area contributed by atoms with Gasteiger partial charge in [-0.1, -0.05) is 50.1 Å². The smallest absolute Gasteiger partial charge is 0.355 e. The number of fused-ring (bicyclic) bond motifs is 2. The zero-order valence-electron chi connectivity index (χ0n) is 33.9. The van der Waals surface area contributed by atoms with E-state index < -0.39 is 61.9 Å². The maximum absolute atomic E-state index is 16.5. The number of thiophene rings is 1. The first kappa shape index (κ1) is 44.2. The molecule has 326 valence electrons. The van der Waals surface area contributed by atoms with Gasteiger partial charge in [-0.25, -0.2) is 18.3 Å². The highest BCUT2D eigenvalue weighted by Crippen LogP contribution is 2.58. The Morgan fingerprint density at radius 1 is 0.984 bits per heavy atom. The molecule has 3 fully saturated rings. The van der Waals surface area contributed by atoms with E-state index in [0.29, 0.717) is 47.9 Å². The third-order valence-corrected chi connectivity index (χ3v) is 14.6. The molecule has 5 heterocycles. The number of ether oxygens (including phenoxy) is 1. The summed E-state index contributed by atoms with van der Waals surface area (Å²) in [6.45, 7) is 3.07. The monoisotopic (exact) mass is 882 g/mol. The highest BCUT2D eigenvalue weighted by molar-refractivity contribution is 7.57. The minimum Gasteiger partial charge on any atom is -0.465 e. The number of para-hydroxylation sites is 1. The number of hydrogen-bond donors (Lipinski definition) is 3. The van der Waals surface area contributed by atoms with Gasteiger partial charge in [0.15, 0.2) is 0 Å². The number of hydrogen-bond acceptors (Lipinski definition) is 10. The Hall–Kier alpha value is -4.83. The van der Waals surface area contributed by atoms with E-state index in [4.69, 9.17) is 9.26 Å². The van der Waals surface area contributed by atoms with Crippen LogP contribution in [0.25, 0.3) is 10.1 Å². The molecule has 61 heavy (non-hydrogen) atoms. The van der Waals surface area contributed by atoms with Crippen molar-refractivity contribution in [3.05, 3.63) is 95.1 Å². The molecule has 3 saturated heterocycles. The number of carbonyl (C=O) groups excluding carboxylic acids is 4. The molecule has 3 N–H and O–H groups in total. The number of nitrogens with one attached hydrogen (secondary N) is 3. The average Bonchev–Trinajstić information content (AvgIpc) is 3.87. The van der Waals surface area contributed by atoms with E-state index >= 15 is 4.39 Å². The Kier molecular flexibility index (Phi) is 13.8. The van der Waals surface area contributed by atoms with Gasteiger partial charge in [-0.15, -0.1) is 11.3 Å². The van der Waals surface area contributed by atoms with Gasteiger partial charge in [0.25, 0.3) is 12.3 Å². The lowest BCUT2D eigenvalue weighted by molar-refractivity contribution is -0.153. The first-order chi connectivity index (χ1) is 29.3. The number of amides is 3. The van der Waals surface area contributed by atoms with E-state index in [1.807, 2.05) is 6.92 Å². The Balaban J connectivity index is 1.05. The number of carbonyl (C=O) groups is 4. The summed E-state index contributed by atoms with van der Waals surface area (Å²) in [5.74, 6) is -3.92. The molecule has 0 radical (unpaired) electrons. The first-order valence-corrected chi connectivity index (χ1v) is 23.1. The molecule has 0 spiro atoms. The summed E-state index contributed by atoms with van der Waals surface area (Å²) in [5.41, 5.74) is -0.387. The largest absolute Gasteiger partial charge is 0.465 e. The van der Waals surface area contributed by atoms with Crippen LogP contribution in [0.1, 0.15) is 85.6 Å². The third kappa shape index (κ3) is 9.80. The van der Waals surface area contributed by atoms with Crippen molar-refractivity contribution in [3.63, 3.8) is 0 Å². The van der Waals surface area contributed by atoms with Gasteiger partial charge in [-0.2, -0.15) is 0 Å². The third-order valence-electron chi connectivity index (χ3n) is 11.4. The first-order valence-electron chi connectivity index (χ1n) is 20.6. The number of benzene rings is 2. The van der Waals surface area contributed by atoms with Crippen LogP contribution < -0.4 is 20.2 Å². The number of rotatable bonds is 16. The van der Waals surface area contributed by atoms with Crippen LogP contribution in [0, 0.1) is 0 Å². The molecule has 6 atom stereocenters. The molecule has 0 saturated carbocycles. The molecule has 7 rings (SSSR count). The van der Waals surface area contributed by atoms with Crippen LogP contribution in [-0.2, 0) is 29.2 Å². The van der Waals surface area contributed by atoms with Gasteiger partial charge < -0.3 is 24.4 Å². The summed E-state index contributed by atoms with van der Waals surface area (Å²) in [4.78, 5) is 62.7. The SMILES string of the molecule is CCCOC(=O)[C@H](C)NP(=O)(Oc1ccccc1)C(F)c1ccc2sc(C(=O)N[C@H]3CCCC[C@H]4CC[C@@H](C(=O)N5CC(NCC(F)F)(c6ccccn6)C5)N4C3=O)cc2c1. The molecule has 3 aliphatic heterocycles. The van der Waals surface area contributed by atoms with Crippen molar-refractivity contribution in [1.82, 2.24) is 30.5 Å². The quantitative estimate of drug-likeness (QED) is 0.0784. The lowest BCUT2D eigenvalue weighted by Gasteiger charge is -2.51. The predicted octanol–water partition coefficient (Wildman–Crippen LogP) is 7.09. The Morgan fingerprint density at radius 3 is 2.46 bits per heavy atom. The fraction of sp³-hybridized carbons (Fsp3) is 0.465. The molecule has 3 aliphatic rings. The number of likely N-dealkylation sites (tertiary alicyclic amines) is 1. The standard InChI is InChI=1S/C43H50F3N6O7PS/c1-3-21-58-42(56)27(2)50-60(57,59-31-12-5-4-6-13-31)38(46)28-16-19-34-29(22-28)23-35(61-34)39(53)49-32-14-8-7-11-30-17-18-33(52(30)40(32)54)41(55)51-25-43(26-51,48-24-37(44)45)36-15-9-10-20-47-36/h4-6,9-10,12-13,15-16,19-20,22-23,27,30,32-33,37-38,48H,3,7-8,11,14,17-18,21,24-26H2,1-2H3,(H,49,53)(H,50,57)/t27-,30-,32-,33-,38?,60?/m0/s1. The van der Waals surface area contributed by atoms with Crippen LogP contribution in [0.4, 0.5) is 13.2 Å². The van der Waals surface area contributed by atoms with Crippen molar-refractivity contribution < 1.29 is 46.2 Å². The second kappa shape index (κ2) is 19.1. The summed E-state index contributed by atoms with van der Waals surface area (Å²) in [6.07, 6.45) is 3.21. The van der Waals surface area contributed by atoms with Gasteiger partial charge in [0.2, 0.25) is 17.7 Å². The average molecular weight is 883 g/mol. The number of halogens is 3. The van der Waals surface area contributed by atoms with E-state index in [9.17, 15) is 32.5 Å². The molecule has 2 aromatic heterocycles. The number of esters is 1. The molecule has 2 unspecified atom stereocenters. The minimum atomic E-state index is -4.48. The van der Waals surface area contributed by atoms with Crippen LogP contribution in [0.5, 0.6) is 5.75 Å². The van der Waals surface area contributed by atoms with Crippen molar-refractivity contribution in [2.45, 2.75) is 101 Å². The van der Waals surface area contributed by atoms with Gasteiger partial charge in [0, 0.05) is 30.0 Å². The van der Waals surface area contributed by atoms with Crippen LogP contribution in [0.15, 0.2) is 79.0 Å². The highest BCUT2D eigenvalue weighted by Gasteiger charge is 2.52. The zero-order chi connectivity index (χ0) is 43.3. The second-order valence-electron chi connectivity index (χ2n) is 15.8. The van der Waals surface area contributed by atoms with Gasteiger partial charge in [0.05, 0.1) is 29.3 Å². The molecule has 3 amide bonds. The van der Waals surface area contributed by atoms with Crippen LogP contribution in [0.2, 0.25) is 0 Å². The van der Waals surface area contributed by atoms with Crippen LogP contribution >= 0.6 is 18.9 Å². The summed E-state index contributed by atoms with van der Waals surface area (Å²) in [7, 11) is -4.48. The van der Waals surface area contributed by atoms with Crippen molar-refractivity contribution >= 4 is 52.6 Å². The van der Waals surface area contributed by atoms with E-state index in [2.05, 4.69) is 20.7 Å². The number of pyridine rings is 1. The summed E-state index contributed by atoms with van der Waals surface area (Å²) in [6, 6.07) is 16.4. The van der Waals surface area contributed by atoms with Crippen molar-refractivity contribution in [1.29, 1.82) is 0 Å². The van der Waals surface area contributed by atoms with Crippen molar-refractivity contribution in [2.24, 2.45) is 0 Å². The lowest BCUT2D eigenvalue weighted by Crippen LogP contribution is -2.70. The molecule has 2 aromatic carbocycles. The number of nitrogens with zero attached hydrogens (tertiary/aromatic N) is 3. The van der Waals surface area contributed by atoms with Gasteiger partial charge in [-0.3, -0.25) is 34.0 Å². The lowest BCUT2D eigenvalue weighted by atomic mass is 9.84. The molecule has 0 bridgehead atoms. The van der Waals surface area contributed by atoms with E-state index in [-0.39, 0.29) is 53.7 Å². The second-order valence-corrected chi connectivity index (χ2v) is 19.0. The maximum atomic E-state index is 16.5. The fourth-order valence-electron chi connectivity index (χ4n) is 8.34. The highest BCUT2D eigenvalue weighted by atomic mass is 32.1.